The molecular formula is C54H74N14O18. The summed E-state index contributed by atoms with van der Waals surface area (Å²) in [6.45, 7) is -1.17. The first kappa shape index (κ1) is 67.5. The molecule has 0 spiro atoms. The fourth-order valence-electron chi connectivity index (χ4n) is 9.84. The number of carbonyl (C=O) groups is 13. The van der Waals surface area contributed by atoms with Gasteiger partial charge >= 0.3 is 5.97 Å². The summed E-state index contributed by atoms with van der Waals surface area (Å²) in [5, 5.41) is 67.4. The number of rotatable bonds is 32. The van der Waals surface area contributed by atoms with Crippen molar-refractivity contribution in [1.82, 2.24) is 52.0 Å². The van der Waals surface area contributed by atoms with Crippen molar-refractivity contribution in [3.63, 3.8) is 0 Å². The molecule has 468 valence electrons. The highest BCUT2D eigenvalue weighted by Crippen LogP contribution is 2.27. The van der Waals surface area contributed by atoms with Gasteiger partial charge in [0, 0.05) is 55.9 Å². The molecule has 1 aromatic heterocycles. The van der Waals surface area contributed by atoms with E-state index in [1.54, 1.807) is 24.3 Å². The van der Waals surface area contributed by atoms with Crippen molar-refractivity contribution in [1.29, 1.82) is 0 Å². The SMILES string of the molecule is C[C@@H](O)[C@H](NC(=O)[C@H](Cc1ccc(O)cc1)NC(=O)[C@@H]1CCCN1C(=O)[C@@H]1CCCN1C(=O)[C@H](CO)NC(=O)[C@H](CC(N)=O)NC(=O)[C@H](CO)NC(=O)[C@H](Cc1c[nH]c2ccccc12)NC(=O)[C@H](CCC(N)=O)NC(=O)[C@@H](N)CCC(N)=O)C(=O)O. The van der Waals surface area contributed by atoms with Crippen LogP contribution in [0.2, 0.25) is 0 Å². The minimum atomic E-state index is -1.94. The molecule has 0 unspecified atom stereocenters. The first-order valence-electron chi connectivity index (χ1n) is 27.5. The molecule has 5 rings (SSSR count). The Bertz CT molecular complexity index is 2990. The third kappa shape index (κ3) is 18.9. The zero-order valence-corrected chi connectivity index (χ0v) is 46.9. The average Bonchev–Trinajstić information content (AvgIpc) is 2.92. The van der Waals surface area contributed by atoms with Crippen LogP contribution >= 0.6 is 0 Å². The first-order valence-corrected chi connectivity index (χ1v) is 27.5. The lowest BCUT2D eigenvalue weighted by atomic mass is 10.0. The fraction of sp³-hybridized carbons (Fsp3) is 0.500. The van der Waals surface area contributed by atoms with Gasteiger partial charge in [-0.1, -0.05) is 30.3 Å². The smallest absolute Gasteiger partial charge is 0.328 e. The van der Waals surface area contributed by atoms with Crippen molar-refractivity contribution in [2.24, 2.45) is 22.9 Å². The van der Waals surface area contributed by atoms with Crippen molar-refractivity contribution < 1.29 is 87.9 Å². The van der Waals surface area contributed by atoms with Gasteiger partial charge < -0.3 is 100 Å². The number of aromatic amines is 1. The fourth-order valence-corrected chi connectivity index (χ4v) is 9.84. The lowest BCUT2D eigenvalue weighted by molar-refractivity contribution is -0.149. The van der Waals surface area contributed by atoms with Crippen LogP contribution in [0.5, 0.6) is 5.75 Å². The highest BCUT2D eigenvalue weighted by atomic mass is 16.4. The highest BCUT2D eigenvalue weighted by Gasteiger charge is 2.45. The number of aromatic hydroxyl groups is 1. The van der Waals surface area contributed by atoms with E-state index in [1.165, 1.54) is 35.4 Å². The molecule has 21 N–H and O–H groups in total. The molecule has 2 saturated heterocycles. The topological polar surface area (TPSA) is 534 Å². The Morgan fingerprint density at radius 1 is 0.605 bits per heavy atom. The van der Waals surface area contributed by atoms with E-state index >= 15 is 0 Å². The standard InChI is InChI=1S/C54H74N14O18/c1-26(71)44(54(85)86)66-49(80)34(20-27-10-12-29(72)13-11-27)63-51(82)39-8-4-18-67(39)53(84)40-9-5-19-68(40)52(83)38(25-70)65-48(79)36(22-43(58)75)62-50(81)37(24-69)64-47(78)35(21-28-23-59-32-7-3-2-6-30(28)32)61-46(77)33(15-17-42(57)74)60-45(76)31(55)14-16-41(56)73/h2-3,6-7,10-13,23,26,31,33-40,44,59,69-72H,4-5,8-9,14-22,24-25,55H2,1H3,(H2,56,73)(H2,57,74)(H2,58,75)(H,60,76)(H,61,77)(H,62,81)(H,63,82)(H,64,78)(H,65,79)(H,66,80)(H,85,86)/t26-,31+,33+,34+,35+,36+,37+,38+,39+,40+,44+/m1/s1. The molecule has 32 nitrogen and oxygen atoms in total. The van der Waals surface area contributed by atoms with Crippen molar-refractivity contribution in [2.75, 3.05) is 26.3 Å². The Morgan fingerprint density at radius 3 is 1.74 bits per heavy atom. The third-order valence-corrected chi connectivity index (χ3v) is 14.4. The second-order valence-electron chi connectivity index (χ2n) is 20.9. The molecule has 2 aliphatic rings. The zero-order chi connectivity index (χ0) is 63.5. The van der Waals surface area contributed by atoms with E-state index in [1.807, 2.05) is 0 Å². The van der Waals surface area contributed by atoms with E-state index in [0.717, 1.165) is 11.8 Å². The predicted molar refractivity (Wildman–Crippen MR) is 299 cm³/mol. The summed E-state index contributed by atoms with van der Waals surface area (Å²) in [7, 11) is 0. The second-order valence-corrected chi connectivity index (χ2v) is 20.9. The molecule has 12 amide bonds. The lowest BCUT2D eigenvalue weighted by Crippen LogP contribution is -2.61. The van der Waals surface area contributed by atoms with E-state index in [9.17, 15) is 87.9 Å². The van der Waals surface area contributed by atoms with Gasteiger partial charge in [0.25, 0.3) is 0 Å². The number of benzene rings is 2. The van der Waals surface area contributed by atoms with Crippen molar-refractivity contribution in [3.8, 4) is 5.75 Å². The highest BCUT2D eigenvalue weighted by molar-refractivity contribution is 6.00. The number of nitrogens with one attached hydrogen (secondary N) is 8. The number of H-pyrrole nitrogens is 1. The maximum Gasteiger partial charge on any atom is 0.328 e. The van der Waals surface area contributed by atoms with E-state index in [-0.39, 0.29) is 70.2 Å². The van der Waals surface area contributed by atoms with E-state index < -0.39 is 169 Å². The number of hydrogen-bond donors (Lipinski definition) is 17. The molecule has 0 saturated carbocycles. The molecule has 11 atom stereocenters. The van der Waals surface area contributed by atoms with Crippen LogP contribution in [0.15, 0.2) is 54.7 Å². The average molecular weight is 1210 g/mol. The number of nitrogens with two attached hydrogens (primary N) is 4. The number of aromatic nitrogens is 1. The number of carbonyl (C=O) groups excluding carboxylic acids is 12. The van der Waals surface area contributed by atoms with E-state index in [2.05, 4.69) is 42.2 Å². The number of aliphatic hydroxyl groups is 3. The van der Waals surface area contributed by atoms with E-state index in [4.69, 9.17) is 22.9 Å². The Labute approximate surface area is 491 Å². The number of fused-ring (bicyclic) bond motifs is 1. The van der Waals surface area contributed by atoms with Gasteiger partial charge in [-0.25, -0.2) is 4.79 Å². The number of carboxylic acids is 1. The van der Waals surface area contributed by atoms with Crippen LogP contribution in [0.25, 0.3) is 10.9 Å². The largest absolute Gasteiger partial charge is 0.508 e. The Kier molecular flexibility index (Phi) is 24.8. The number of hydrogen-bond acceptors (Lipinski definition) is 18. The van der Waals surface area contributed by atoms with Crippen LogP contribution in [0.4, 0.5) is 0 Å². The van der Waals surface area contributed by atoms with Crippen LogP contribution in [0.3, 0.4) is 0 Å². The van der Waals surface area contributed by atoms with Crippen molar-refractivity contribution >= 4 is 87.8 Å². The van der Waals surface area contributed by atoms with Gasteiger partial charge in [0.05, 0.1) is 31.8 Å². The monoisotopic (exact) mass is 1210 g/mol. The Morgan fingerprint density at radius 2 is 1.13 bits per heavy atom. The van der Waals surface area contributed by atoms with Gasteiger partial charge in [0.1, 0.15) is 54.1 Å². The maximum absolute atomic E-state index is 14.4. The normalized spacial score (nSPS) is 17.9. The number of amides is 12. The van der Waals surface area contributed by atoms with Crippen LogP contribution < -0.4 is 60.2 Å². The summed E-state index contributed by atoms with van der Waals surface area (Å²) in [6, 6.07) is -3.46. The van der Waals surface area contributed by atoms with Crippen LogP contribution in [0, 0.1) is 0 Å². The molecule has 0 bridgehead atoms. The molecule has 0 aliphatic carbocycles. The van der Waals surface area contributed by atoms with Gasteiger partial charge in [0.15, 0.2) is 6.04 Å². The number of phenolic OH excluding ortho intramolecular Hbond substituents is 1. The predicted octanol–water partition coefficient (Wildman–Crippen LogP) is -6.78. The van der Waals surface area contributed by atoms with Gasteiger partial charge in [-0.05, 0) is 74.8 Å². The first-order chi connectivity index (χ1) is 40.7. The molecule has 2 aromatic carbocycles. The summed E-state index contributed by atoms with van der Waals surface area (Å²) in [4.78, 5) is 178. The Balaban J connectivity index is 1.29. The summed E-state index contributed by atoms with van der Waals surface area (Å²) in [6.07, 6.45) is -2.06. The van der Waals surface area contributed by atoms with Gasteiger partial charge in [0.2, 0.25) is 70.9 Å². The minimum Gasteiger partial charge on any atom is -0.508 e. The quantitative estimate of drug-likeness (QED) is 0.0276. The van der Waals surface area contributed by atoms with E-state index in [0.29, 0.717) is 28.5 Å². The number of aliphatic hydroxyl groups excluding tert-OH is 3. The van der Waals surface area contributed by atoms with Gasteiger partial charge in [-0.3, -0.25) is 57.5 Å². The summed E-state index contributed by atoms with van der Waals surface area (Å²) < 4.78 is 0. The van der Waals surface area contributed by atoms with Crippen molar-refractivity contribution in [3.05, 3.63) is 65.9 Å². The summed E-state index contributed by atoms with van der Waals surface area (Å²) in [5.74, 6) is -13.6. The third-order valence-electron chi connectivity index (χ3n) is 14.4. The van der Waals surface area contributed by atoms with Crippen LogP contribution in [-0.4, -0.2) is 210 Å². The van der Waals surface area contributed by atoms with Crippen molar-refractivity contribution in [2.45, 2.75) is 144 Å². The maximum atomic E-state index is 14.4. The number of phenols is 1. The van der Waals surface area contributed by atoms with Crippen LogP contribution in [0.1, 0.15) is 75.8 Å². The second kappa shape index (κ2) is 31.6. The molecule has 32 heteroatoms. The molecular weight excluding hydrogens is 1130 g/mol. The number of carboxylic acid groups (broad SMARTS) is 1. The van der Waals surface area contributed by atoms with Gasteiger partial charge in [-0.15, -0.1) is 0 Å². The Hall–Kier alpha value is -9.27. The minimum absolute atomic E-state index is 0.0205. The number of aliphatic carboxylic acids is 1. The number of likely N-dealkylation sites (tertiary alicyclic amines) is 2. The van der Waals surface area contributed by atoms with Crippen LogP contribution in [-0.2, 0) is 75.2 Å². The molecule has 2 fully saturated rings. The number of nitrogens with zero attached hydrogens (tertiary/aromatic N) is 2. The lowest BCUT2D eigenvalue weighted by Gasteiger charge is -2.33. The zero-order valence-electron chi connectivity index (χ0n) is 46.9. The molecule has 2 aliphatic heterocycles. The summed E-state index contributed by atoms with van der Waals surface area (Å²) in [5.41, 5.74) is 23.4. The molecule has 0 radical (unpaired) electrons. The molecule has 3 aromatic rings. The number of para-hydroxylation sites is 1. The molecule has 86 heavy (non-hydrogen) atoms. The molecule has 3 heterocycles. The number of primary amides is 3. The summed E-state index contributed by atoms with van der Waals surface area (Å²) >= 11 is 0. The van der Waals surface area contributed by atoms with Gasteiger partial charge in [-0.2, -0.15) is 0 Å².